The minimum absolute atomic E-state index is 1.11. The van der Waals surface area contributed by atoms with Crippen molar-refractivity contribution in [3.8, 4) is 0 Å². The van der Waals surface area contributed by atoms with Gasteiger partial charge in [0.25, 0.3) is 0 Å². The summed E-state index contributed by atoms with van der Waals surface area (Å²) >= 11 is 0. The molecular formula is C10H26N2Si. The van der Waals surface area contributed by atoms with E-state index in [1.807, 2.05) is 0 Å². The molecule has 0 heterocycles. The Hall–Kier alpha value is 0.137. The third-order valence-corrected chi connectivity index (χ3v) is 7.15. The SMILES string of the molecule is CCC[Si](CCC)(NCC)NCC. The standard InChI is InChI=1S/C10H26N2Si/c1-5-9-13(10-6-2,11-7-3)12-8-4/h11-12H,5-10H2,1-4H3. The smallest absolute Gasteiger partial charge is 0.201 e. The van der Waals surface area contributed by atoms with Gasteiger partial charge in [0.15, 0.2) is 0 Å². The van der Waals surface area contributed by atoms with Gasteiger partial charge in [-0.15, -0.1) is 0 Å². The number of hydrogen-bond donors (Lipinski definition) is 2. The molecule has 0 aromatic heterocycles. The third kappa shape index (κ3) is 4.79. The lowest BCUT2D eigenvalue weighted by molar-refractivity contribution is 0.788. The zero-order valence-electron chi connectivity index (χ0n) is 9.74. The Morgan fingerprint density at radius 2 is 1.15 bits per heavy atom. The molecule has 0 fully saturated rings. The molecule has 3 heteroatoms. The van der Waals surface area contributed by atoms with E-state index in [1.54, 1.807) is 0 Å². The van der Waals surface area contributed by atoms with E-state index in [-0.39, 0.29) is 0 Å². The van der Waals surface area contributed by atoms with Gasteiger partial charge in [0, 0.05) is 0 Å². The molecule has 13 heavy (non-hydrogen) atoms. The van der Waals surface area contributed by atoms with E-state index in [2.05, 4.69) is 37.7 Å². The van der Waals surface area contributed by atoms with Gasteiger partial charge in [-0.3, -0.25) is 0 Å². The van der Waals surface area contributed by atoms with E-state index in [1.165, 1.54) is 24.9 Å². The molecule has 0 saturated carbocycles. The highest BCUT2D eigenvalue weighted by molar-refractivity contribution is 6.75. The average molecular weight is 202 g/mol. The van der Waals surface area contributed by atoms with Gasteiger partial charge in [0.1, 0.15) is 0 Å². The Bertz CT molecular complexity index is 88.0. The first-order valence-corrected chi connectivity index (χ1v) is 8.16. The summed E-state index contributed by atoms with van der Waals surface area (Å²) < 4.78 is 0. The molecule has 0 saturated heterocycles. The molecule has 0 amide bonds. The van der Waals surface area contributed by atoms with E-state index >= 15 is 0 Å². The molecule has 0 aliphatic carbocycles. The third-order valence-electron chi connectivity index (χ3n) is 2.38. The molecule has 0 unspecified atom stereocenters. The fraction of sp³-hybridized carbons (Fsp3) is 1.00. The molecule has 0 rings (SSSR count). The van der Waals surface area contributed by atoms with Gasteiger partial charge in [0.05, 0.1) is 0 Å². The topological polar surface area (TPSA) is 24.1 Å². The Labute approximate surface area is 84.7 Å². The van der Waals surface area contributed by atoms with Crippen molar-refractivity contribution in [2.24, 2.45) is 0 Å². The van der Waals surface area contributed by atoms with Crippen molar-refractivity contribution in [1.29, 1.82) is 0 Å². The van der Waals surface area contributed by atoms with Gasteiger partial charge in [-0.25, -0.2) is 0 Å². The van der Waals surface area contributed by atoms with Crippen LogP contribution in [0.25, 0.3) is 0 Å². The second-order valence-electron chi connectivity index (χ2n) is 3.64. The number of nitrogens with one attached hydrogen (secondary N) is 2. The molecule has 2 nitrogen and oxygen atoms in total. The van der Waals surface area contributed by atoms with Crippen molar-refractivity contribution in [2.45, 2.75) is 52.6 Å². The van der Waals surface area contributed by atoms with Crippen LogP contribution in [0.2, 0.25) is 12.1 Å². The number of hydrogen-bond acceptors (Lipinski definition) is 2. The quantitative estimate of drug-likeness (QED) is 0.591. The lowest BCUT2D eigenvalue weighted by Gasteiger charge is -2.32. The van der Waals surface area contributed by atoms with E-state index in [0.717, 1.165) is 13.1 Å². The van der Waals surface area contributed by atoms with Gasteiger partial charge < -0.3 is 9.96 Å². The van der Waals surface area contributed by atoms with Crippen LogP contribution in [0.1, 0.15) is 40.5 Å². The van der Waals surface area contributed by atoms with Gasteiger partial charge in [0.2, 0.25) is 8.40 Å². The summed E-state index contributed by atoms with van der Waals surface area (Å²) in [5.41, 5.74) is 0. The van der Waals surface area contributed by atoms with Crippen LogP contribution in [0.15, 0.2) is 0 Å². The molecule has 0 spiro atoms. The summed E-state index contributed by atoms with van der Waals surface area (Å²) in [5.74, 6) is 0. The van der Waals surface area contributed by atoms with Gasteiger partial charge in [-0.2, -0.15) is 0 Å². The van der Waals surface area contributed by atoms with Crippen LogP contribution in [0.3, 0.4) is 0 Å². The van der Waals surface area contributed by atoms with Gasteiger partial charge >= 0.3 is 0 Å². The maximum absolute atomic E-state index is 3.73. The van der Waals surface area contributed by atoms with Gasteiger partial charge in [-0.05, 0) is 25.2 Å². The van der Waals surface area contributed by atoms with E-state index in [9.17, 15) is 0 Å². The highest BCUT2D eigenvalue weighted by Gasteiger charge is 2.29. The summed E-state index contributed by atoms with van der Waals surface area (Å²) in [4.78, 5) is 7.45. The zero-order chi connectivity index (χ0) is 10.2. The van der Waals surface area contributed by atoms with Crippen LogP contribution in [-0.2, 0) is 0 Å². The second kappa shape index (κ2) is 7.53. The monoisotopic (exact) mass is 202 g/mol. The lowest BCUT2D eigenvalue weighted by atomic mass is 10.6. The number of rotatable bonds is 8. The summed E-state index contributed by atoms with van der Waals surface area (Å²) in [5, 5.41) is 0. The predicted octanol–water partition coefficient (Wildman–Crippen LogP) is 2.47. The first-order chi connectivity index (χ1) is 6.24. The van der Waals surface area contributed by atoms with Crippen molar-refractivity contribution in [1.82, 2.24) is 9.96 Å². The summed E-state index contributed by atoms with van der Waals surface area (Å²) in [6.07, 6.45) is 2.60. The Morgan fingerprint density at radius 1 is 0.769 bits per heavy atom. The minimum atomic E-state index is -1.30. The molecule has 0 aliphatic heterocycles. The molecule has 0 bridgehead atoms. The molecule has 0 aromatic carbocycles. The first-order valence-electron chi connectivity index (χ1n) is 5.74. The van der Waals surface area contributed by atoms with Gasteiger partial charge in [-0.1, -0.05) is 40.5 Å². The highest BCUT2D eigenvalue weighted by Crippen LogP contribution is 2.13. The maximum Gasteiger partial charge on any atom is 0.201 e. The van der Waals surface area contributed by atoms with Crippen molar-refractivity contribution in [3.63, 3.8) is 0 Å². The summed E-state index contributed by atoms with van der Waals surface area (Å²) in [6.45, 7) is 11.2. The lowest BCUT2D eigenvalue weighted by Crippen LogP contribution is -2.62. The maximum atomic E-state index is 3.73. The largest absolute Gasteiger partial charge is 0.326 e. The fourth-order valence-corrected chi connectivity index (χ4v) is 6.21. The summed E-state index contributed by atoms with van der Waals surface area (Å²) in [7, 11) is -1.30. The van der Waals surface area contributed by atoms with E-state index in [0.29, 0.717) is 0 Å². The van der Waals surface area contributed by atoms with E-state index in [4.69, 9.17) is 0 Å². The van der Waals surface area contributed by atoms with Crippen molar-refractivity contribution in [2.75, 3.05) is 13.1 Å². The average Bonchev–Trinajstić information content (AvgIpc) is 2.06. The van der Waals surface area contributed by atoms with Crippen molar-refractivity contribution < 1.29 is 0 Å². The van der Waals surface area contributed by atoms with Crippen LogP contribution in [0.5, 0.6) is 0 Å². The summed E-state index contributed by atoms with van der Waals surface area (Å²) in [6, 6.07) is 2.73. The predicted molar refractivity (Wildman–Crippen MR) is 63.3 cm³/mol. The van der Waals surface area contributed by atoms with Crippen LogP contribution in [0.4, 0.5) is 0 Å². The fourth-order valence-electron chi connectivity index (χ4n) is 2.07. The molecule has 2 N–H and O–H groups in total. The highest BCUT2D eigenvalue weighted by atomic mass is 28.3. The normalized spacial score (nSPS) is 12.0. The second-order valence-corrected chi connectivity index (χ2v) is 7.51. The molecule has 0 aromatic rings. The van der Waals surface area contributed by atoms with E-state index < -0.39 is 8.40 Å². The molecule has 80 valence electrons. The van der Waals surface area contributed by atoms with Crippen LogP contribution in [-0.4, -0.2) is 21.5 Å². The minimum Gasteiger partial charge on any atom is -0.326 e. The Morgan fingerprint density at radius 3 is 1.38 bits per heavy atom. The Kier molecular flexibility index (Phi) is 7.61. The molecular weight excluding hydrogens is 176 g/mol. The molecule has 0 radical (unpaired) electrons. The zero-order valence-corrected chi connectivity index (χ0v) is 10.7. The van der Waals surface area contributed by atoms with Crippen molar-refractivity contribution in [3.05, 3.63) is 0 Å². The van der Waals surface area contributed by atoms with Crippen molar-refractivity contribution >= 4 is 8.40 Å². The van der Waals surface area contributed by atoms with Crippen LogP contribution in [0, 0.1) is 0 Å². The first kappa shape index (κ1) is 13.1. The molecule has 0 aliphatic rings. The molecule has 0 atom stereocenters. The Balaban J connectivity index is 4.19. The van der Waals surface area contributed by atoms with Crippen LogP contribution < -0.4 is 9.96 Å². The van der Waals surface area contributed by atoms with Crippen LogP contribution >= 0.6 is 0 Å².